The molecule has 9 unspecified atom stereocenters. The van der Waals surface area contributed by atoms with E-state index in [2.05, 4.69) is 43.3 Å². The highest BCUT2D eigenvalue weighted by Gasteiger charge is 2.47. The number of methoxy groups -OCH3 is 1. The summed E-state index contributed by atoms with van der Waals surface area (Å²) in [5.41, 5.74) is -1.68. The van der Waals surface area contributed by atoms with E-state index in [1.807, 2.05) is 20.8 Å². The Morgan fingerprint density at radius 1 is 1.04 bits per heavy atom. The Labute approximate surface area is 288 Å². The Kier molecular flexibility index (Phi) is 17.3. The van der Waals surface area contributed by atoms with Gasteiger partial charge in [-0.25, -0.2) is 0 Å². The first-order chi connectivity index (χ1) is 22.4. The Morgan fingerprint density at radius 3 is 2.23 bits per heavy atom. The van der Waals surface area contributed by atoms with Crippen LogP contribution in [0, 0.1) is 28.6 Å². The van der Waals surface area contributed by atoms with E-state index >= 15 is 0 Å². The number of hydrogen-bond donors (Lipinski definition) is 4. The first-order valence-corrected chi connectivity index (χ1v) is 17.9. The summed E-state index contributed by atoms with van der Waals surface area (Å²) in [6.45, 7) is 17.9. The Balaban J connectivity index is 0.000000680. The van der Waals surface area contributed by atoms with Crippen molar-refractivity contribution in [3.63, 3.8) is 0 Å². The van der Waals surface area contributed by atoms with Crippen molar-refractivity contribution < 1.29 is 43.8 Å². The van der Waals surface area contributed by atoms with Crippen LogP contribution in [0.5, 0.6) is 0 Å². The molecule has 0 aromatic carbocycles. The van der Waals surface area contributed by atoms with Crippen molar-refractivity contribution in [1.29, 1.82) is 0 Å². The molecule has 0 saturated carbocycles. The van der Waals surface area contributed by atoms with Crippen LogP contribution in [0.25, 0.3) is 0 Å². The third kappa shape index (κ3) is 11.1. The lowest BCUT2D eigenvalue weighted by molar-refractivity contribution is -0.245. The number of ether oxygens (including phenoxy) is 5. The predicted octanol–water partition coefficient (Wildman–Crippen LogP) is 3.10. The number of aliphatic hydroxyl groups is 3. The number of carbonyl (C=O) groups excluding carboxylic acids is 1. The van der Waals surface area contributed by atoms with Crippen LogP contribution in [-0.2, 0) is 28.5 Å². The molecule has 0 aromatic rings. The van der Waals surface area contributed by atoms with Gasteiger partial charge < -0.3 is 49.2 Å². The van der Waals surface area contributed by atoms with Crippen LogP contribution >= 0.6 is 0 Å². The number of hydrogen-bond acceptors (Lipinski definition) is 13. The quantitative estimate of drug-likeness (QED) is 0.238. The summed E-state index contributed by atoms with van der Waals surface area (Å²) in [4.78, 5) is 27.3. The molecule has 3 heterocycles. The molecule has 13 heteroatoms. The van der Waals surface area contributed by atoms with E-state index in [4.69, 9.17) is 23.7 Å². The minimum absolute atomic E-state index is 0.0318. The molecular formula is C35H67N3O10. The molecule has 0 aromatic heterocycles. The topological polar surface area (TPSA) is 169 Å². The van der Waals surface area contributed by atoms with E-state index in [-0.39, 0.29) is 30.1 Å². The standard InChI is InChI=1S/C28H53N3O7.C7H14O3/c1-11-22-28(8,34)26(30-35)20(7)29-14-15(2)17(4)25(18(5)24(32)19(6)27(33)37-22)38-23-13-21(31(9)10)12-16(3)36-23;1-5-7(8)6(9-2)3-4-10-5/h15-26,29,32,34H,11-14H2,1-10H3;5-8H,3-4H2,1-2H3/t15-,16?,17?,18?,19?,20+,21?,22?,23?,24?,25-,26+,28+;5?,6-,7+/m01/s1. The smallest absolute Gasteiger partial charge is 0.311 e. The first-order valence-electron chi connectivity index (χ1n) is 17.9. The molecule has 282 valence electrons. The van der Waals surface area contributed by atoms with Gasteiger partial charge in [0.15, 0.2) is 6.29 Å². The van der Waals surface area contributed by atoms with Gasteiger partial charge in [0.25, 0.3) is 0 Å². The second-order valence-corrected chi connectivity index (χ2v) is 15.0. The van der Waals surface area contributed by atoms with Gasteiger partial charge in [0.05, 0.1) is 36.4 Å². The number of carbonyl (C=O) groups is 1. The van der Waals surface area contributed by atoms with Gasteiger partial charge in [0.2, 0.25) is 0 Å². The van der Waals surface area contributed by atoms with Crippen molar-refractivity contribution in [2.75, 3.05) is 34.4 Å². The monoisotopic (exact) mass is 689 g/mol. The highest BCUT2D eigenvalue weighted by molar-refractivity contribution is 5.73. The van der Waals surface area contributed by atoms with E-state index < -0.39 is 66.2 Å². The average molecular weight is 690 g/mol. The first kappa shape index (κ1) is 42.9. The fraction of sp³-hybridized carbons (Fsp3) is 0.971. The number of cyclic esters (lactones) is 1. The Bertz CT molecular complexity index is 973. The maximum atomic E-state index is 13.2. The molecule has 3 saturated heterocycles. The molecule has 16 atom stereocenters. The van der Waals surface area contributed by atoms with Crippen molar-refractivity contribution in [3.05, 3.63) is 4.91 Å². The summed E-state index contributed by atoms with van der Waals surface area (Å²) in [5, 5.41) is 38.7. The molecule has 0 aliphatic carbocycles. The largest absolute Gasteiger partial charge is 0.459 e. The molecule has 0 amide bonds. The minimum Gasteiger partial charge on any atom is -0.459 e. The molecule has 0 radical (unpaired) electrons. The molecule has 13 nitrogen and oxygen atoms in total. The number of esters is 1. The molecule has 3 fully saturated rings. The molecule has 48 heavy (non-hydrogen) atoms. The maximum Gasteiger partial charge on any atom is 0.311 e. The minimum atomic E-state index is -1.68. The van der Waals surface area contributed by atoms with Crippen LogP contribution in [0.4, 0.5) is 0 Å². The summed E-state index contributed by atoms with van der Waals surface area (Å²) in [5.74, 6) is -1.86. The van der Waals surface area contributed by atoms with Crippen molar-refractivity contribution in [3.8, 4) is 0 Å². The van der Waals surface area contributed by atoms with Crippen molar-refractivity contribution in [1.82, 2.24) is 10.2 Å². The van der Waals surface area contributed by atoms with Crippen molar-refractivity contribution in [2.45, 2.75) is 161 Å². The zero-order valence-electron chi connectivity index (χ0n) is 31.5. The average Bonchev–Trinajstić information content (AvgIpc) is 3.04. The third-order valence-electron chi connectivity index (χ3n) is 11.0. The van der Waals surface area contributed by atoms with Crippen LogP contribution in [0.1, 0.15) is 88.0 Å². The Morgan fingerprint density at radius 2 is 1.69 bits per heavy atom. The summed E-state index contributed by atoms with van der Waals surface area (Å²) >= 11 is 0. The fourth-order valence-corrected chi connectivity index (χ4v) is 7.22. The van der Waals surface area contributed by atoms with E-state index in [1.54, 1.807) is 27.9 Å². The zero-order valence-corrected chi connectivity index (χ0v) is 31.5. The molecule has 0 spiro atoms. The van der Waals surface area contributed by atoms with Gasteiger partial charge in [0.1, 0.15) is 23.9 Å². The summed E-state index contributed by atoms with van der Waals surface area (Å²) < 4.78 is 28.8. The van der Waals surface area contributed by atoms with Gasteiger partial charge in [-0.1, -0.05) is 32.9 Å². The second kappa shape index (κ2) is 19.4. The van der Waals surface area contributed by atoms with Crippen LogP contribution < -0.4 is 5.32 Å². The van der Waals surface area contributed by atoms with E-state index in [0.29, 0.717) is 32.0 Å². The number of nitrogens with zero attached hydrogens (tertiary/aromatic N) is 2. The number of nitroso groups, excluding NO2 is 1. The molecule has 3 aliphatic heterocycles. The van der Waals surface area contributed by atoms with E-state index in [0.717, 1.165) is 12.8 Å². The van der Waals surface area contributed by atoms with E-state index in [1.165, 1.54) is 6.92 Å². The highest BCUT2D eigenvalue weighted by atomic mass is 16.7. The number of aliphatic hydroxyl groups excluding tert-OH is 2. The summed E-state index contributed by atoms with van der Waals surface area (Å²) in [6, 6.07) is -1.19. The van der Waals surface area contributed by atoms with Crippen LogP contribution in [0.2, 0.25) is 0 Å². The van der Waals surface area contributed by atoms with Crippen molar-refractivity contribution in [2.24, 2.45) is 28.8 Å². The van der Waals surface area contributed by atoms with Gasteiger partial charge in [-0.2, -0.15) is 4.91 Å². The Hall–Kier alpha value is -1.29. The fourth-order valence-electron chi connectivity index (χ4n) is 7.22. The molecule has 0 bridgehead atoms. The molecule has 3 aliphatic rings. The van der Waals surface area contributed by atoms with Crippen LogP contribution in [0.15, 0.2) is 5.18 Å². The zero-order chi connectivity index (χ0) is 36.5. The lowest BCUT2D eigenvalue weighted by Crippen LogP contribution is -2.58. The van der Waals surface area contributed by atoms with Gasteiger partial charge in [0, 0.05) is 38.1 Å². The molecular weight excluding hydrogens is 622 g/mol. The molecule has 3 rings (SSSR count). The molecule has 4 N–H and O–H groups in total. The van der Waals surface area contributed by atoms with Crippen LogP contribution in [-0.4, -0.2) is 133 Å². The van der Waals surface area contributed by atoms with Gasteiger partial charge in [-0.15, -0.1) is 0 Å². The summed E-state index contributed by atoms with van der Waals surface area (Å²) in [7, 11) is 5.73. The number of nitrogens with one attached hydrogen (secondary N) is 1. The lowest BCUT2D eigenvalue weighted by atomic mass is 9.78. The number of rotatable bonds is 6. The second-order valence-electron chi connectivity index (χ2n) is 15.0. The maximum absolute atomic E-state index is 13.2. The summed E-state index contributed by atoms with van der Waals surface area (Å²) in [6.07, 6.45) is -0.678. The van der Waals surface area contributed by atoms with Gasteiger partial charge >= 0.3 is 5.97 Å². The normalized spacial score (nSPS) is 45.3. The predicted molar refractivity (Wildman–Crippen MR) is 183 cm³/mol. The van der Waals surface area contributed by atoms with Gasteiger partial charge in [-0.3, -0.25) is 4.79 Å². The van der Waals surface area contributed by atoms with Gasteiger partial charge in [-0.05, 0) is 86.4 Å². The van der Waals surface area contributed by atoms with Crippen LogP contribution in [0.3, 0.4) is 0 Å². The van der Waals surface area contributed by atoms with Crippen molar-refractivity contribution >= 4 is 5.97 Å². The van der Waals surface area contributed by atoms with E-state index in [9.17, 15) is 25.0 Å². The third-order valence-corrected chi connectivity index (χ3v) is 11.0. The highest BCUT2D eigenvalue weighted by Crippen LogP contribution is 2.34. The lowest BCUT2D eigenvalue weighted by Gasteiger charge is -2.43. The SMILES string of the molecule is CCC1OC(=O)C(C)C(O)C(C)[C@@H](OC2CC(N(C)C)CC(C)O2)C(C)[C@@H](C)CN[C@H](C)[C@@H](N=O)[C@]1(C)O.CO[C@@H]1CCOC(C)[C@@H]1O.